The van der Waals surface area contributed by atoms with Gasteiger partial charge in [0.2, 0.25) is 0 Å². The second-order valence-corrected chi connectivity index (χ2v) is 12.0. The van der Waals surface area contributed by atoms with Gasteiger partial charge in [-0.05, 0) is 65.0 Å². The van der Waals surface area contributed by atoms with E-state index in [2.05, 4.69) is 15.3 Å². The third-order valence-corrected chi connectivity index (χ3v) is 7.56. The predicted molar refractivity (Wildman–Crippen MR) is 149 cm³/mol. The molecule has 2 saturated heterocycles. The molecule has 3 aliphatic rings. The highest BCUT2D eigenvalue weighted by molar-refractivity contribution is 5.95. The Bertz CT molecular complexity index is 1190. The van der Waals surface area contributed by atoms with E-state index in [1.54, 1.807) is 29.4 Å². The number of benzene rings is 1. The van der Waals surface area contributed by atoms with Crippen LogP contribution in [0.4, 0.5) is 4.79 Å². The lowest BCUT2D eigenvalue weighted by Crippen LogP contribution is -2.50. The largest absolute Gasteiger partial charge is 0.444 e. The van der Waals surface area contributed by atoms with Crippen LogP contribution in [0.25, 0.3) is 11.4 Å². The number of amides is 3. The highest BCUT2D eigenvalue weighted by Gasteiger charge is 2.40. The van der Waals surface area contributed by atoms with Crippen molar-refractivity contribution in [3.05, 3.63) is 47.8 Å². The van der Waals surface area contributed by atoms with Crippen LogP contribution in [0.2, 0.25) is 0 Å². The van der Waals surface area contributed by atoms with E-state index in [-0.39, 0.29) is 30.0 Å². The molecule has 1 atom stereocenters. The average molecular weight is 550 g/mol. The molecule has 1 aromatic carbocycles. The van der Waals surface area contributed by atoms with Crippen molar-refractivity contribution in [2.24, 2.45) is 5.92 Å². The molecule has 1 aromatic heterocycles. The normalized spacial score (nSPS) is 19.8. The van der Waals surface area contributed by atoms with Crippen LogP contribution < -0.4 is 5.32 Å². The fourth-order valence-corrected chi connectivity index (χ4v) is 5.23. The third-order valence-electron chi connectivity index (χ3n) is 7.56. The van der Waals surface area contributed by atoms with E-state index < -0.39 is 5.60 Å². The minimum absolute atomic E-state index is 0.0653. The van der Waals surface area contributed by atoms with Crippen molar-refractivity contribution in [3.63, 3.8) is 0 Å². The topological polar surface area (TPSA) is 114 Å². The van der Waals surface area contributed by atoms with Gasteiger partial charge in [-0.2, -0.15) is 0 Å². The Kier molecular flexibility index (Phi) is 8.35. The van der Waals surface area contributed by atoms with Crippen LogP contribution in [-0.4, -0.2) is 88.2 Å². The predicted octanol–water partition coefficient (Wildman–Crippen LogP) is 3.91. The van der Waals surface area contributed by atoms with Crippen molar-refractivity contribution < 1.29 is 23.9 Å². The number of hydrogen-bond donors (Lipinski definition) is 1. The molecule has 1 aliphatic carbocycles. The lowest BCUT2D eigenvalue weighted by Gasteiger charge is -2.39. The molecule has 1 N–H and O–H groups in total. The summed E-state index contributed by atoms with van der Waals surface area (Å²) in [5, 5.41) is 2.97. The van der Waals surface area contributed by atoms with Gasteiger partial charge < -0.3 is 24.6 Å². The monoisotopic (exact) mass is 549 g/mol. The minimum Gasteiger partial charge on any atom is -0.444 e. The van der Waals surface area contributed by atoms with Crippen molar-refractivity contribution in [2.45, 2.75) is 70.6 Å². The van der Waals surface area contributed by atoms with E-state index >= 15 is 0 Å². The summed E-state index contributed by atoms with van der Waals surface area (Å²) in [6, 6.07) is 7.45. The van der Waals surface area contributed by atoms with Gasteiger partial charge in [0.1, 0.15) is 5.60 Å². The Hall–Kier alpha value is -3.53. The first-order valence-electron chi connectivity index (χ1n) is 14.3. The van der Waals surface area contributed by atoms with Crippen LogP contribution in [0.3, 0.4) is 0 Å². The Morgan fingerprint density at radius 3 is 2.20 bits per heavy atom. The number of ether oxygens (including phenoxy) is 2. The molecule has 10 heteroatoms. The molecule has 0 spiro atoms. The third kappa shape index (κ3) is 6.96. The van der Waals surface area contributed by atoms with Gasteiger partial charge in [-0.15, -0.1) is 0 Å². The number of hydrogen-bond acceptors (Lipinski definition) is 7. The minimum atomic E-state index is -0.530. The van der Waals surface area contributed by atoms with Crippen LogP contribution >= 0.6 is 0 Å². The zero-order valence-electron chi connectivity index (χ0n) is 23.6. The van der Waals surface area contributed by atoms with E-state index in [1.807, 2.05) is 37.8 Å². The van der Waals surface area contributed by atoms with Gasteiger partial charge in [0, 0.05) is 67.8 Å². The van der Waals surface area contributed by atoms with Gasteiger partial charge in [-0.3, -0.25) is 9.59 Å². The molecular weight excluding hydrogens is 510 g/mol. The molecule has 3 heterocycles. The fourth-order valence-electron chi connectivity index (χ4n) is 5.23. The van der Waals surface area contributed by atoms with E-state index in [0.29, 0.717) is 49.1 Å². The van der Waals surface area contributed by atoms with Crippen molar-refractivity contribution in [1.82, 2.24) is 25.1 Å². The van der Waals surface area contributed by atoms with Crippen LogP contribution in [0, 0.1) is 5.92 Å². The molecule has 3 fully saturated rings. The average Bonchev–Trinajstić information content (AvgIpc) is 3.64. The number of likely N-dealkylation sites (tertiary alicyclic amines) is 1. The van der Waals surface area contributed by atoms with Crippen LogP contribution in [-0.2, 0) is 9.47 Å². The molecule has 2 aromatic rings. The van der Waals surface area contributed by atoms with E-state index in [4.69, 9.17) is 9.47 Å². The van der Waals surface area contributed by atoms with Crippen LogP contribution in [0.1, 0.15) is 73.6 Å². The smallest absolute Gasteiger partial charge is 0.410 e. The summed E-state index contributed by atoms with van der Waals surface area (Å²) in [6.45, 7) is 8.78. The van der Waals surface area contributed by atoms with Gasteiger partial charge in [0.05, 0.1) is 12.2 Å². The summed E-state index contributed by atoms with van der Waals surface area (Å²) in [5.74, 6) is 0.691. The maximum Gasteiger partial charge on any atom is 0.410 e. The summed E-state index contributed by atoms with van der Waals surface area (Å²) in [6.07, 6.45) is 7.26. The number of rotatable bonds is 7. The van der Waals surface area contributed by atoms with E-state index in [1.165, 1.54) is 0 Å². The molecule has 1 saturated carbocycles. The summed E-state index contributed by atoms with van der Waals surface area (Å²) in [5.41, 5.74) is 1.27. The maximum atomic E-state index is 13.5. The number of nitrogens with one attached hydrogen (secondary N) is 1. The van der Waals surface area contributed by atoms with Crippen molar-refractivity contribution in [3.8, 4) is 11.4 Å². The van der Waals surface area contributed by atoms with E-state index in [9.17, 15) is 14.4 Å². The van der Waals surface area contributed by atoms with Crippen LogP contribution in [0.15, 0.2) is 36.7 Å². The molecule has 0 bridgehead atoms. The molecule has 0 radical (unpaired) electrons. The zero-order chi connectivity index (χ0) is 28.3. The Labute approximate surface area is 235 Å². The molecule has 3 amide bonds. The van der Waals surface area contributed by atoms with Gasteiger partial charge >= 0.3 is 6.09 Å². The molecule has 10 nitrogen and oxygen atoms in total. The number of carbonyl (C=O) groups is 3. The SMILES string of the molecule is CC(C)(C)OC(=O)N1CCC(N(C(=O)c2cnc(-c3ccc(C(=O)NCC4CCOC4)cc3)nc2)C2CC2)CC1. The first kappa shape index (κ1) is 28.0. The Morgan fingerprint density at radius 2 is 1.62 bits per heavy atom. The highest BCUT2D eigenvalue weighted by Crippen LogP contribution is 2.33. The second kappa shape index (κ2) is 11.9. The summed E-state index contributed by atoms with van der Waals surface area (Å²) < 4.78 is 10.9. The number of aromatic nitrogens is 2. The van der Waals surface area contributed by atoms with Gasteiger partial charge in [0.25, 0.3) is 11.8 Å². The van der Waals surface area contributed by atoms with Crippen molar-refractivity contribution >= 4 is 17.9 Å². The lowest BCUT2D eigenvalue weighted by atomic mass is 10.0. The summed E-state index contributed by atoms with van der Waals surface area (Å²) in [7, 11) is 0. The second-order valence-electron chi connectivity index (χ2n) is 12.0. The van der Waals surface area contributed by atoms with Crippen LogP contribution in [0.5, 0.6) is 0 Å². The quantitative estimate of drug-likeness (QED) is 0.557. The molecule has 40 heavy (non-hydrogen) atoms. The summed E-state index contributed by atoms with van der Waals surface area (Å²) >= 11 is 0. The van der Waals surface area contributed by atoms with Crippen molar-refractivity contribution in [2.75, 3.05) is 32.8 Å². The molecule has 2 aliphatic heterocycles. The highest BCUT2D eigenvalue weighted by atomic mass is 16.6. The Morgan fingerprint density at radius 1 is 0.975 bits per heavy atom. The maximum absolute atomic E-state index is 13.5. The summed E-state index contributed by atoms with van der Waals surface area (Å²) in [4.78, 5) is 51.1. The van der Waals surface area contributed by atoms with Gasteiger partial charge in [0.15, 0.2) is 5.82 Å². The lowest BCUT2D eigenvalue weighted by molar-refractivity contribution is 0.0142. The van der Waals surface area contributed by atoms with Gasteiger partial charge in [-0.25, -0.2) is 14.8 Å². The van der Waals surface area contributed by atoms with E-state index in [0.717, 1.165) is 44.3 Å². The fraction of sp³-hybridized carbons (Fsp3) is 0.567. The molecule has 214 valence electrons. The zero-order valence-corrected chi connectivity index (χ0v) is 23.6. The standard InChI is InChI=1S/C30H39N5O5/c1-30(2,3)40-29(38)34-13-10-25(11-14-34)35(24-8-9-24)28(37)23-17-31-26(32-18-23)21-4-6-22(7-5-21)27(36)33-16-20-12-15-39-19-20/h4-7,17-18,20,24-25H,8-16,19H2,1-3H3,(H,33,36). The Balaban J connectivity index is 1.18. The molecule has 1 unspecified atom stereocenters. The first-order chi connectivity index (χ1) is 19.2. The first-order valence-corrected chi connectivity index (χ1v) is 14.3. The van der Waals surface area contributed by atoms with Crippen molar-refractivity contribution in [1.29, 1.82) is 0 Å². The number of carbonyl (C=O) groups excluding carboxylic acids is 3. The number of piperidine rings is 1. The number of nitrogens with zero attached hydrogens (tertiary/aromatic N) is 4. The van der Waals surface area contributed by atoms with Gasteiger partial charge in [-0.1, -0.05) is 12.1 Å². The molecular formula is C30H39N5O5. The molecule has 5 rings (SSSR count).